The molecule has 0 aromatic rings. The molecule has 0 amide bonds. The molecule has 0 atom stereocenters. The van der Waals surface area contributed by atoms with Crippen molar-refractivity contribution in [3.05, 3.63) is 0 Å². The van der Waals surface area contributed by atoms with Gasteiger partial charge in [0.05, 0.1) is 0 Å². The van der Waals surface area contributed by atoms with Gasteiger partial charge in [-0.15, -0.1) is 11.8 Å². The molecule has 0 aliphatic carbocycles. The van der Waals surface area contributed by atoms with E-state index in [0.29, 0.717) is 0 Å². The number of unbranched alkanes of at least 4 members (excludes halogenated alkanes) is 5. The summed E-state index contributed by atoms with van der Waals surface area (Å²) in [6.45, 7) is 2.93. The molecule has 0 aliphatic rings. The first-order chi connectivity index (χ1) is 5.91. The van der Waals surface area contributed by atoms with Crippen LogP contribution in [0.5, 0.6) is 0 Å². The zero-order valence-corrected chi connectivity index (χ0v) is 8.23. The van der Waals surface area contributed by atoms with Crippen LogP contribution in [0.3, 0.4) is 0 Å². The first-order valence-corrected chi connectivity index (χ1v) is 5.07. The van der Waals surface area contributed by atoms with Crippen molar-refractivity contribution in [3.63, 3.8) is 0 Å². The SMILES string of the molecule is CCC#CCCCCCCCN. The van der Waals surface area contributed by atoms with Gasteiger partial charge in [-0.3, -0.25) is 0 Å². The largest absolute Gasteiger partial charge is 0.330 e. The molecule has 0 saturated carbocycles. The van der Waals surface area contributed by atoms with Crippen molar-refractivity contribution in [1.29, 1.82) is 0 Å². The lowest BCUT2D eigenvalue weighted by Crippen LogP contribution is -1.97. The van der Waals surface area contributed by atoms with Crippen LogP contribution in [-0.2, 0) is 0 Å². The quantitative estimate of drug-likeness (QED) is 0.477. The van der Waals surface area contributed by atoms with Crippen molar-refractivity contribution in [1.82, 2.24) is 0 Å². The van der Waals surface area contributed by atoms with E-state index in [9.17, 15) is 0 Å². The third kappa shape index (κ3) is 9.52. The minimum atomic E-state index is 0.843. The summed E-state index contributed by atoms with van der Waals surface area (Å²) in [5.74, 6) is 6.23. The molecule has 0 aromatic carbocycles. The van der Waals surface area contributed by atoms with Crippen LogP contribution in [0.2, 0.25) is 0 Å². The molecular formula is C11H21N. The molecule has 0 spiro atoms. The van der Waals surface area contributed by atoms with Gasteiger partial charge in [0, 0.05) is 12.8 Å². The maximum absolute atomic E-state index is 5.39. The van der Waals surface area contributed by atoms with E-state index in [-0.39, 0.29) is 0 Å². The van der Waals surface area contributed by atoms with Crippen LogP contribution in [0, 0.1) is 11.8 Å². The molecular weight excluding hydrogens is 146 g/mol. The molecule has 1 nitrogen and oxygen atoms in total. The summed E-state index contributed by atoms with van der Waals surface area (Å²) in [4.78, 5) is 0. The summed E-state index contributed by atoms with van der Waals surface area (Å²) in [5, 5.41) is 0. The lowest BCUT2D eigenvalue weighted by molar-refractivity contribution is 0.625. The highest BCUT2D eigenvalue weighted by molar-refractivity contribution is 4.97. The second kappa shape index (κ2) is 10.5. The van der Waals surface area contributed by atoms with Gasteiger partial charge in [-0.05, 0) is 19.4 Å². The molecule has 0 rings (SSSR count). The molecule has 70 valence electrons. The second-order valence-electron chi connectivity index (χ2n) is 3.01. The molecule has 1 heteroatoms. The van der Waals surface area contributed by atoms with Gasteiger partial charge < -0.3 is 5.73 Å². The normalized spacial score (nSPS) is 9.17. The second-order valence-corrected chi connectivity index (χ2v) is 3.01. The Labute approximate surface area is 76.7 Å². The highest BCUT2D eigenvalue weighted by Crippen LogP contribution is 2.03. The van der Waals surface area contributed by atoms with Crippen molar-refractivity contribution < 1.29 is 0 Å². The van der Waals surface area contributed by atoms with Crippen molar-refractivity contribution in [2.45, 2.75) is 51.9 Å². The van der Waals surface area contributed by atoms with Gasteiger partial charge in [0.25, 0.3) is 0 Å². The first-order valence-electron chi connectivity index (χ1n) is 5.07. The van der Waals surface area contributed by atoms with Crippen molar-refractivity contribution >= 4 is 0 Å². The number of rotatable bonds is 6. The Balaban J connectivity index is 2.91. The molecule has 2 N–H and O–H groups in total. The number of hydrogen-bond acceptors (Lipinski definition) is 1. The van der Waals surface area contributed by atoms with Crippen molar-refractivity contribution in [3.8, 4) is 11.8 Å². The van der Waals surface area contributed by atoms with Gasteiger partial charge in [-0.2, -0.15) is 0 Å². The fourth-order valence-corrected chi connectivity index (χ4v) is 1.10. The molecule has 0 aromatic heterocycles. The maximum Gasteiger partial charge on any atom is 0.00886 e. The maximum atomic E-state index is 5.39. The molecule has 0 fully saturated rings. The number of hydrogen-bond donors (Lipinski definition) is 1. The summed E-state index contributed by atoms with van der Waals surface area (Å²) in [5.41, 5.74) is 5.39. The average molecular weight is 167 g/mol. The molecule has 12 heavy (non-hydrogen) atoms. The van der Waals surface area contributed by atoms with Gasteiger partial charge >= 0.3 is 0 Å². The monoisotopic (exact) mass is 167 g/mol. The van der Waals surface area contributed by atoms with E-state index in [2.05, 4.69) is 18.8 Å². The molecule has 0 radical (unpaired) electrons. The van der Waals surface area contributed by atoms with E-state index in [1.165, 1.54) is 32.1 Å². The fraction of sp³-hybridized carbons (Fsp3) is 0.818. The Bertz CT molecular complexity index is 130. The Morgan fingerprint density at radius 1 is 0.917 bits per heavy atom. The lowest BCUT2D eigenvalue weighted by Gasteiger charge is -1.96. The third-order valence-corrected chi connectivity index (χ3v) is 1.81. The van der Waals surface area contributed by atoms with Crippen LogP contribution in [0.25, 0.3) is 0 Å². The Morgan fingerprint density at radius 3 is 2.25 bits per heavy atom. The summed E-state index contributed by atoms with van der Waals surface area (Å²) in [7, 11) is 0. The Morgan fingerprint density at radius 2 is 1.58 bits per heavy atom. The zero-order valence-electron chi connectivity index (χ0n) is 8.23. The molecule has 0 heterocycles. The van der Waals surface area contributed by atoms with Gasteiger partial charge in [0.15, 0.2) is 0 Å². The molecule has 0 saturated heterocycles. The fourth-order valence-electron chi connectivity index (χ4n) is 1.10. The van der Waals surface area contributed by atoms with Gasteiger partial charge in [-0.25, -0.2) is 0 Å². The van der Waals surface area contributed by atoms with E-state index < -0.39 is 0 Å². The summed E-state index contributed by atoms with van der Waals surface area (Å²) in [6, 6.07) is 0. The van der Waals surface area contributed by atoms with Crippen LogP contribution in [0.15, 0.2) is 0 Å². The standard InChI is InChI=1S/C11H21N/c1-2-3-4-5-6-7-8-9-10-11-12/h2,5-12H2,1H3. The van der Waals surface area contributed by atoms with E-state index in [0.717, 1.165) is 19.4 Å². The van der Waals surface area contributed by atoms with E-state index in [4.69, 9.17) is 5.73 Å². The highest BCUT2D eigenvalue weighted by Gasteiger charge is 1.87. The topological polar surface area (TPSA) is 26.0 Å². The van der Waals surface area contributed by atoms with Crippen molar-refractivity contribution in [2.24, 2.45) is 5.73 Å². The molecule has 0 bridgehead atoms. The smallest absolute Gasteiger partial charge is 0.00886 e. The van der Waals surface area contributed by atoms with Crippen LogP contribution in [0.1, 0.15) is 51.9 Å². The predicted molar refractivity (Wildman–Crippen MR) is 54.8 cm³/mol. The van der Waals surface area contributed by atoms with Crippen LogP contribution < -0.4 is 5.73 Å². The van der Waals surface area contributed by atoms with Crippen molar-refractivity contribution in [2.75, 3.05) is 6.54 Å². The average Bonchev–Trinajstić information content (AvgIpc) is 2.10. The third-order valence-electron chi connectivity index (χ3n) is 1.81. The predicted octanol–water partition coefficient (Wildman–Crippen LogP) is 2.70. The van der Waals surface area contributed by atoms with Gasteiger partial charge in [0.2, 0.25) is 0 Å². The van der Waals surface area contributed by atoms with E-state index >= 15 is 0 Å². The van der Waals surface area contributed by atoms with E-state index in [1.54, 1.807) is 0 Å². The molecule has 0 unspecified atom stereocenters. The van der Waals surface area contributed by atoms with Crippen LogP contribution in [0.4, 0.5) is 0 Å². The minimum Gasteiger partial charge on any atom is -0.330 e. The number of nitrogens with two attached hydrogens (primary N) is 1. The Hall–Kier alpha value is -0.480. The van der Waals surface area contributed by atoms with Gasteiger partial charge in [-0.1, -0.05) is 26.2 Å². The summed E-state index contributed by atoms with van der Waals surface area (Å²) in [6.07, 6.45) is 8.45. The van der Waals surface area contributed by atoms with Crippen LogP contribution in [-0.4, -0.2) is 6.54 Å². The Kier molecular flexibility index (Phi) is 10.1. The molecule has 0 aliphatic heterocycles. The lowest BCUT2D eigenvalue weighted by atomic mass is 10.1. The minimum absolute atomic E-state index is 0.843. The highest BCUT2D eigenvalue weighted by atomic mass is 14.5. The van der Waals surface area contributed by atoms with Gasteiger partial charge in [0.1, 0.15) is 0 Å². The van der Waals surface area contributed by atoms with E-state index in [1.807, 2.05) is 0 Å². The summed E-state index contributed by atoms with van der Waals surface area (Å²) < 4.78 is 0. The van der Waals surface area contributed by atoms with Crippen LogP contribution >= 0.6 is 0 Å². The first kappa shape index (κ1) is 11.5. The summed E-state index contributed by atoms with van der Waals surface area (Å²) >= 11 is 0. The zero-order chi connectivity index (χ0) is 9.07.